The third kappa shape index (κ3) is 3.31. The molecule has 6 heteroatoms. The number of hydrogen-bond acceptors (Lipinski definition) is 3. The van der Waals surface area contributed by atoms with Gasteiger partial charge < -0.3 is 11.1 Å². The minimum absolute atomic E-state index is 0.225. The zero-order chi connectivity index (χ0) is 13.8. The van der Waals surface area contributed by atoms with E-state index in [-0.39, 0.29) is 17.2 Å². The highest BCUT2D eigenvalue weighted by Gasteiger charge is 2.08. The molecule has 1 aromatic carbocycles. The molecule has 0 saturated heterocycles. The maximum absolute atomic E-state index is 13.1. The van der Waals surface area contributed by atoms with Crippen LogP contribution in [0.4, 0.5) is 10.1 Å². The molecule has 0 atom stereocenters. The summed E-state index contributed by atoms with van der Waals surface area (Å²) in [7, 11) is 1.84. The molecule has 0 unspecified atom stereocenters. The van der Waals surface area contributed by atoms with Crippen molar-refractivity contribution in [3.05, 3.63) is 47.5 Å². The lowest BCUT2D eigenvalue weighted by Crippen LogP contribution is -2.26. The van der Waals surface area contributed by atoms with Crippen LogP contribution in [0.5, 0.6) is 0 Å². The molecule has 2 rings (SSSR count). The summed E-state index contributed by atoms with van der Waals surface area (Å²) in [6, 6.07) is 5.66. The summed E-state index contributed by atoms with van der Waals surface area (Å²) in [5, 5.41) is 6.75. The quantitative estimate of drug-likeness (QED) is 0.811. The number of nitrogens with one attached hydrogen (secondary N) is 1. The molecule has 1 aromatic heterocycles. The maximum atomic E-state index is 13.1. The first-order valence-corrected chi connectivity index (χ1v) is 5.87. The van der Waals surface area contributed by atoms with Crippen LogP contribution in [0, 0.1) is 5.82 Å². The van der Waals surface area contributed by atoms with Crippen LogP contribution in [0.2, 0.25) is 0 Å². The molecule has 3 N–H and O–H groups in total. The van der Waals surface area contributed by atoms with Crippen molar-refractivity contribution in [2.45, 2.75) is 6.42 Å². The second-order valence-corrected chi connectivity index (χ2v) is 4.23. The van der Waals surface area contributed by atoms with Crippen molar-refractivity contribution in [3.63, 3.8) is 0 Å². The predicted octanol–water partition coefficient (Wildman–Crippen LogP) is 1.11. The van der Waals surface area contributed by atoms with E-state index in [1.807, 2.05) is 13.1 Å². The molecule has 1 heterocycles. The van der Waals surface area contributed by atoms with Crippen molar-refractivity contribution in [2.24, 2.45) is 7.05 Å². The Morgan fingerprint density at radius 1 is 1.47 bits per heavy atom. The lowest BCUT2D eigenvalue weighted by Gasteiger charge is -2.06. The second kappa shape index (κ2) is 5.51. The summed E-state index contributed by atoms with van der Waals surface area (Å²) in [5.41, 5.74) is 6.96. The van der Waals surface area contributed by atoms with Gasteiger partial charge in [-0.3, -0.25) is 9.48 Å². The number of nitrogen functional groups attached to an aromatic ring is 1. The van der Waals surface area contributed by atoms with Gasteiger partial charge in [0, 0.05) is 43.2 Å². The molecule has 0 radical (unpaired) electrons. The monoisotopic (exact) mass is 262 g/mol. The standard InChI is InChI=1S/C13H15FN4O/c1-18-12(3-5-17-18)2-4-16-13(19)9-6-10(14)8-11(15)7-9/h3,5-8H,2,4,15H2,1H3,(H,16,19). The van der Waals surface area contributed by atoms with Gasteiger partial charge >= 0.3 is 0 Å². The molecule has 2 aromatic rings. The molecule has 0 aliphatic heterocycles. The molecule has 0 bridgehead atoms. The highest BCUT2D eigenvalue weighted by molar-refractivity contribution is 5.95. The third-order valence-corrected chi connectivity index (χ3v) is 2.77. The first-order valence-electron chi connectivity index (χ1n) is 5.87. The predicted molar refractivity (Wildman–Crippen MR) is 70.1 cm³/mol. The lowest BCUT2D eigenvalue weighted by atomic mass is 10.2. The molecule has 100 valence electrons. The Bertz CT molecular complexity index is 574. The fourth-order valence-corrected chi connectivity index (χ4v) is 1.80. The van der Waals surface area contributed by atoms with E-state index in [0.717, 1.165) is 11.8 Å². The SMILES string of the molecule is Cn1nccc1CCNC(=O)c1cc(N)cc(F)c1. The van der Waals surface area contributed by atoms with Crippen molar-refractivity contribution in [2.75, 3.05) is 12.3 Å². The topological polar surface area (TPSA) is 72.9 Å². The Morgan fingerprint density at radius 3 is 2.89 bits per heavy atom. The van der Waals surface area contributed by atoms with Crippen LogP contribution in [-0.4, -0.2) is 22.2 Å². The number of benzene rings is 1. The van der Waals surface area contributed by atoms with Crippen molar-refractivity contribution in [3.8, 4) is 0 Å². The van der Waals surface area contributed by atoms with Gasteiger partial charge in [-0.1, -0.05) is 0 Å². The molecule has 19 heavy (non-hydrogen) atoms. The summed E-state index contributed by atoms with van der Waals surface area (Å²) >= 11 is 0. The molecule has 0 saturated carbocycles. The summed E-state index contributed by atoms with van der Waals surface area (Å²) in [6.45, 7) is 0.453. The van der Waals surface area contributed by atoms with E-state index in [1.165, 1.54) is 12.1 Å². The summed E-state index contributed by atoms with van der Waals surface area (Å²) < 4.78 is 14.9. The Hall–Kier alpha value is -2.37. The van der Waals surface area contributed by atoms with Gasteiger partial charge in [-0.15, -0.1) is 0 Å². The summed E-state index contributed by atoms with van der Waals surface area (Å²) in [4.78, 5) is 11.8. The van der Waals surface area contributed by atoms with E-state index >= 15 is 0 Å². The van der Waals surface area contributed by atoms with E-state index in [0.29, 0.717) is 13.0 Å². The number of hydrogen-bond donors (Lipinski definition) is 2. The van der Waals surface area contributed by atoms with Crippen LogP contribution in [0.3, 0.4) is 0 Å². The first-order chi connectivity index (χ1) is 9.06. The highest BCUT2D eigenvalue weighted by Crippen LogP contribution is 2.10. The Morgan fingerprint density at radius 2 is 2.26 bits per heavy atom. The highest BCUT2D eigenvalue weighted by atomic mass is 19.1. The molecular weight excluding hydrogens is 247 g/mol. The van der Waals surface area contributed by atoms with Gasteiger partial charge in [-0.25, -0.2) is 4.39 Å². The van der Waals surface area contributed by atoms with Crippen molar-refractivity contribution in [1.29, 1.82) is 0 Å². The third-order valence-electron chi connectivity index (χ3n) is 2.77. The van der Waals surface area contributed by atoms with Gasteiger partial charge in [0.15, 0.2) is 0 Å². The number of aryl methyl sites for hydroxylation is 1. The maximum Gasteiger partial charge on any atom is 0.251 e. The van der Waals surface area contributed by atoms with Crippen LogP contribution in [-0.2, 0) is 13.5 Å². The number of halogens is 1. The van der Waals surface area contributed by atoms with Gasteiger partial charge in [0.05, 0.1) is 0 Å². The number of anilines is 1. The van der Waals surface area contributed by atoms with Gasteiger partial charge in [0.1, 0.15) is 5.82 Å². The largest absolute Gasteiger partial charge is 0.399 e. The zero-order valence-electron chi connectivity index (χ0n) is 10.6. The van der Waals surface area contributed by atoms with Crippen LogP contribution >= 0.6 is 0 Å². The average Bonchev–Trinajstić information content (AvgIpc) is 2.74. The fourth-order valence-electron chi connectivity index (χ4n) is 1.80. The number of amides is 1. The lowest BCUT2D eigenvalue weighted by molar-refractivity contribution is 0.0953. The fraction of sp³-hybridized carbons (Fsp3) is 0.231. The number of nitrogens with two attached hydrogens (primary N) is 1. The summed E-state index contributed by atoms with van der Waals surface area (Å²) in [6.07, 6.45) is 2.36. The van der Waals surface area contributed by atoms with Gasteiger partial charge in [0.2, 0.25) is 0 Å². The molecule has 0 aliphatic carbocycles. The second-order valence-electron chi connectivity index (χ2n) is 4.23. The molecular formula is C13H15FN4O. The van der Waals surface area contributed by atoms with Gasteiger partial charge in [-0.2, -0.15) is 5.10 Å². The van der Waals surface area contributed by atoms with Crippen LogP contribution in [0.15, 0.2) is 30.5 Å². The van der Waals surface area contributed by atoms with E-state index in [4.69, 9.17) is 5.73 Å². The van der Waals surface area contributed by atoms with Crippen LogP contribution < -0.4 is 11.1 Å². The number of aromatic nitrogens is 2. The van der Waals surface area contributed by atoms with Crippen LogP contribution in [0.25, 0.3) is 0 Å². The van der Waals surface area contributed by atoms with Crippen LogP contribution in [0.1, 0.15) is 16.1 Å². The number of nitrogens with zero attached hydrogens (tertiary/aromatic N) is 2. The average molecular weight is 262 g/mol. The Kier molecular flexibility index (Phi) is 3.79. The number of carbonyl (C=O) groups excluding carboxylic acids is 1. The van der Waals surface area contributed by atoms with Crippen molar-refractivity contribution >= 4 is 11.6 Å². The van der Waals surface area contributed by atoms with Crippen molar-refractivity contribution in [1.82, 2.24) is 15.1 Å². The minimum Gasteiger partial charge on any atom is -0.399 e. The van der Waals surface area contributed by atoms with Gasteiger partial charge in [0.25, 0.3) is 5.91 Å². The molecule has 1 amide bonds. The number of carbonyl (C=O) groups is 1. The van der Waals surface area contributed by atoms with E-state index in [9.17, 15) is 9.18 Å². The van der Waals surface area contributed by atoms with E-state index < -0.39 is 5.82 Å². The number of rotatable bonds is 4. The Labute approximate surface area is 110 Å². The molecule has 5 nitrogen and oxygen atoms in total. The van der Waals surface area contributed by atoms with E-state index in [2.05, 4.69) is 10.4 Å². The normalized spacial score (nSPS) is 10.4. The molecule has 0 spiro atoms. The Balaban J connectivity index is 1.92. The molecule has 0 fully saturated rings. The summed E-state index contributed by atoms with van der Waals surface area (Å²) in [5.74, 6) is -0.856. The minimum atomic E-state index is -0.517. The van der Waals surface area contributed by atoms with E-state index in [1.54, 1.807) is 10.9 Å². The zero-order valence-corrected chi connectivity index (χ0v) is 10.6. The van der Waals surface area contributed by atoms with Gasteiger partial charge in [-0.05, 0) is 24.3 Å². The molecule has 0 aliphatic rings. The first kappa shape index (κ1) is 13.1. The van der Waals surface area contributed by atoms with Crippen molar-refractivity contribution < 1.29 is 9.18 Å². The smallest absolute Gasteiger partial charge is 0.251 e.